The van der Waals surface area contributed by atoms with Crippen LogP contribution in [0.25, 0.3) is 10.9 Å². The number of pyridine rings is 1. The van der Waals surface area contributed by atoms with Crippen LogP contribution in [0.15, 0.2) is 53.3 Å². The molecule has 0 aliphatic rings. The number of fused-ring (bicyclic) bond motifs is 1. The summed E-state index contributed by atoms with van der Waals surface area (Å²) < 4.78 is 31.3. The number of aromatic nitrogens is 1. The molecule has 0 fully saturated rings. The Hall–Kier alpha value is -2.80. The number of H-pyrrole nitrogens is 1. The summed E-state index contributed by atoms with van der Waals surface area (Å²) in [6, 6.07) is 14.2. The Morgan fingerprint density at radius 1 is 1.07 bits per heavy atom. The number of anilines is 1. The number of nitrogens with zero attached hydrogens (tertiary/aromatic N) is 1. The zero-order valence-corrected chi connectivity index (χ0v) is 16.3. The third kappa shape index (κ3) is 4.31. The second kappa shape index (κ2) is 7.44. The lowest BCUT2D eigenvalue weighted by Crippen LogP contribution is -2.31. The predicted octanol–water partition coefficient (Wildman–Crippen LogP) is 3.20. The van der Waals surface area contributed by atoms with Crippen molar-refractivity contribution in [3.8, 4) is 5.75 Å². The molecule has 0 unspecified atom stereocenters. The molecular formula is C20H22N2O4S. The van der Waals surface area contributed by atoms with Crippen LogP contribution >= 0.6 is 0 Å². The third-order valence-corrected chi connectivity index (χ3v) is 5.37. The molecule has 0 spiro atoms. The minimum absolute atomic E-state index is 0.0496. The number of aromatic amines is 1. The van der Waals surface area contributed by atoms with Crippen LogP contribution in [0.1, 0.15) is 18.1 Å². The molecule has 1 aromatic heterocycles. The zero-order valence-electron chi connectivity index (χ0n) is 15.5. The molecule has 27 heavy (non-hydrogen) atoms. The Balaban J connectivity index is 2.01. The molecular weight excluding hydrogens is 364 g/mol. The van der Waals surface area contributed by atoms with Gasteiger partial charge >= 0.3 is 0 Å². The van der Waals surface area contributed by atoms with Gasteiger partial charge in [0.25, 0.3) is 5.56 Å². The maximum atomic E-state index is 12.5. The standard InChI is InChI=1S/C20H22N2O4S/c1-4-26-18-8-6-17(7-9-18)22(27(3,24)25)13-16-12-15-11-14(2)5-10-19(15)21-20(16)23/h5-12H,4,13H2,1-3H3,(H,21,23). The average molecular weight is 386 g/mol. The van der Waals surface area contributed by atoms with Crippen LogP contribution in [0.2, 0.25) is 0 Å². The van der Waals surface area contributed by atoms with Crippen LogP contribution < -0.4 is 14.6 Å². The molecule has 2 aromatic carbocycles. The molecule has 3 rings (SSSR count). The van der Waals surface area contributed by atoms with E-state index in [1.54, 1.807) is 30.3 Å². The Morgan fingerprint density at radius 2 is 1.78 bits per heavy atom. The summed E-state index contributed by atoms with van der Waals surface area (Å²) >= 11 is 0. The molecule has 0 radical (unpaired) electrons. The predicted molar refractivity (Wildman–Crippen MR) is 108 cm³/mol. The molecule has 0 atom stereocenters. The van der Waals surface area contributed by atoms with Crippen LogP contribution in [-0.4, -0.2) is 26.3 Å². The van der Waals surface area contributed by atoms with Crippen molar-refractivity contribution in [3.63, 3.8) is 0 Å². The first kappa shape index (κ1) is 19.0. The second-order valence-electron chi connectivity index (χ2n) is 6.41. The lowest BCUT2D eigenvalue weighted by atomic mass is 10.1. The zero-order chi connectivity index (χ0) is 19.6. The first-order chi connectivity index (χ1) is 12.8. The molecule has 0 saturated heterocycles. The molecule has 0 saturated carbocycles. The summed E-state index contributed by atoms with van der Waals surface area (Å²) in [5.41, 5.74) is 2.34. The van der Waals surface area contributed by atoms with Gasteiger partial charge in [0.2, 0.25) is 10.0 Å². The molecule has 3 aromatic rings. The van der Waals surface area contributed by atoms with Gasteiger partial charge in [-0.25, -0.2) is 8.42 Å². The van der Waals surface area contributed by atoms with Crippen molar-refractivity contribution < 1.29 is 13.2 Å². The lowest BCUT2D eigenvalue weighted by Gasteiger charge is -2.22. The summed E-state index contributed by atoms with van der Waals surface area (Å²) in [6.45, 7) is 4.32. The summed E-state index contributed by atoms with van der Waals surface area (Å²) in [6.07, 6.45) is 1.13. The van der Waals surface area contributed by atoms with E-state index >= 15 is 0 Å². The van der Waals surface area contributed by atoms with Gasteiger partial charge in [-0.1, -0.05) is 11.6 Å². The lowest BCUT2D eigenvalue weighted by molar-refractivity contribution is 0.340. The van der Waals surface area contributed by atoms with Gasteiger partial charge in [0.05, 0.1) is 25.1 Å². The molecule has 1 heterocycles. The van der Waals surface area contributed by atoms with E-state index in [1.165, 1.54) is 4.31 Å². The van der Waals surface area contributed by atoms with E-state index in [0.29, 0.717) is 23.6 Å². The maximum Gasteiger partial charge on any atom is 0.253 e. The van der Waals surface area contributed by atoms with E-state index in [2.05, 4.69) is 4.98 Å². The third-order valence-electron chi connectivity index (χ3n) is 4.23. The van der Waals surface area contributed by atoms with E-state index in [4.69, 9.17) is 4.74 Å². The van der Waals surface area contributed by atoms with Crippen LogP contribution in [0.5, 0.6) is 5.75 Å². The Kier molecular flexibility index (Phi) is 5.23. The van der Waals surface area contributed by atoms with Crippen molar-refractivity contribution in [1.29, 1.82) is 0 Å². The molecule has 0 bridgehead atoms. The largest absolute Gasteiger partial charge is 0.494 e. The highest BCUT2D eigenvalue weighted by Crippen LogP contribution is 2.24. The van der Waals surface area contributed by atoms with Crippen LogP contribution in [0, 0.1) is 6.92 Å². The monoisotopic (exact) mass is 386 g/mol. The summed E-state index contributed by atoms with van der Waals surface area (Å²) in [4.78, 5) is 15.3. The minimum atomic E-state index is -3.58. The highest BCUT2D eigenvalue weighted by atomic mass is 32.2. The topological polar surface area (TPSA) is 79.5 Å². The molecule has 0 amide bonds. The van der Waals surface area contributed by atoms with Crippen LogP contribution in [0.3, 0.4) is 0 Å². The summed E-state index contributed by atoms with van der Waals surface area (Å²) in [5, 5.41) is 0.866. The van der Waals surface area contributed by atoms with Crippen molar-refractivity contribution >= 4 is 26.6 Å². The smallest absolute Gasteiger partial charge is 0.253 e. The molecule has 0 aliphatic heterocycles. The van der Waals surface area contributed by atoms with Crippen molar-refractivity contribution in [1.82, 2.24) is 4.98 Å². The van der Waals surface area contributed by atoms with E-state index in [1.807, 2.05) is 32.0 Å². The van der Waals surface area contributed by atoms with Gasteiger partial charge in [0, 0.05) is 11.1 Å². The normalized spacial score (nSPS) is 11.5. The number of rotatable bonds is 6. The highest BCUT2D eigenvalue weighted by molar-refractivity contribution is 7.92. The van der Waals surface area contributed by atoms with Gasteiger partial charge in [-0.15, -0.1) is 0 Å². The van der Waals surface area contributed by atoms with Gasteiger partial charge < -0.3 is 9.72 Å². The van der Waals surface area contributed by atoms with E-state index in [9.17, 15) is 13.2 Å². The highest BCUT2D eigenvalue weighted by Gasteiger charge is 2.19. The van der Waals surface area contributed by atoms with Gasteiger partial charge in [0.1, 0.15) is 5.75 Å². The average Bonchev–Trinajstić information content (AvgIpc) is 2.60. The second-order valence-corrected chi connectivity index (χ2v) is 8.32. The molecule has 1 N–H and O–H groups in total. The molecule has 0 aliphatic carbocycles. The molecule has 6 nitrogen and oxygen atoms in total. The Bertz CT molecular complexity index is 1120. The first-order valence-corrected chi connectivity index (χ1v) is 10.5. The number of benzene rings is 2. The Morgan fingerprint density at radius 3 is 2.41 bits per heavy atom. The number of hydrogen-bond acceptors (Lipinski definition) is 4. The minimum Gasteiger partial charge on any atom is -0.494 e. The molecule has 142 valence electrons. The van der Waals surface area contributed by atoms with Gasteiger partial charge in [-0.2, -0.15) is 0 Å². The Labute approximate surface area is 158 Å². The van der Waals surface area contributed by atoms with Gasteiger partial charge in [0.15, 0.2) is 0 Å². The fraction of sp³-hybridized carbons (Fsp3) is 0.250. The van der Waals surface area contributed by atoms with Crippen molar-refractivity contribution in [2.75, 3.05) is 17.2 Å². The fourth-order valence-electron chi connectivity index (χ4n) is 2.92. The number of aryl methyl sites for hydroxylation is 1. The van der Waals surface area contributed by atoms with Gasteiger partial charge in [-0.05, 0) is 61.7 Å². The van der Waals surface area contributed by atoms with Crippen molar-refractivity contribution in [2.24, 2.45) is 0 Å². The summed E-state index contributed by atoms with van der Waals surface area (Å²) in [5.74, 6) is 0.661. The van der Waals surface area contributed by atoms with E-state index in [-0.39, 0.29) is 12.1 Å². The number of sulfonamides is 1. The van der Waals surface area contributed by atoms with E-state index < -0.39 is 10.0 Å². The fourth-order valence-corrected chi connectivity index (χ4v) is 3.80. The molecule has 7 heteroatoms. The van der Waals surface area contributed by atoms with Crippen molar-refractivity contribution in [3.05, 3.63) is 70.0 Å². The van der Waals surface area contributed by atoms with Crippen LogP contribution in [-0.2, 0) is 16.6 Å². The SMILES string of the molecule is CCOc1ccc(N(Cc2cc3cc(C)ccc3[nH]c2=O)S(C)(=O)=O)cc1. The first-order valence-electron chi connectivity index (χ1n) is 8.61. The van der Waals surface area contributed by atoms with E-state index in [0.717, 1.165) is 22.7 Å². The number of hydrogen-bond donors (Lipinski definition) is 1. The van der Waals surface area contributed by atoms with Crippen molar-refractivity contribution in [2.45, 2.75) is 20.4 Å². The summed E-state index contributed by atoms with van der Waals surface area (Å²) in [7, 11) is -3.58. The number of nitrogens with one attached hydrogen (secondary N) is 1. The quantitative estimate of drug-likeness (QED) is 0.706. The number of ether oxygens (including phenoxy) is 1. The van der Waals surface area contributed by atoms with Crippen LogP contribution in [0.4, 0.5) is 5.69 Å². The maximum absolute atomic E-state index is 12.5. The van der Waals surface area contributed by atoms with Gasteiger partial charge in [-0.3, -0.25) is 9.10 Å².